The molecule has 1 unspecified atom stereocenters. The zero-order chi connectivity index (χ0) is 16.7. The third-order valence-corrected chi connectivity index (χ3v) is 3.73. The SMILES string of the molecule is Cc1ccc(NC(=O)NCC(C)(O)CCc2ccccc2)cc1. The molecule has 0 aliphatic heterocycles. The van der Waals surface area contributed by atoms with Crippen LogP contribution in [0.5, 0.6) is 0 Å². The number of hydrogen-bond donors (Lipinski definition) is 3. The van der Waals surface area contributed by atoms with Gasteiger partial charge in [0, 0.05) is 12.2 Å². The summed E-state index contributed by atoms with van der Waals surface area (Å²) < 4.78 is 0. The van der Waals surface area contributed by atoms with Crippen molar-refractivity contribution in [2.24, 2.45) is 0 Å². The van der Waals surface area contributed by atoms with Crippen LogP contribution in [0.4, 0.5) is 10.5 Å². The molecule has 0 fully saturated rings. The molecule has 4 heteroatoms. The number of rotatable bonds is 6. The summed E-state index contributed by atoms with van der Waals surface area (Å²) in [5.41, 5.74) is 2.11. The zero-order valence-corrected chi connectivity index (χ0v) is 13.7. The van der Waals surface area contributed by atoms with Gasteiger partial charge >= 0.3 is 6.03 Å². The van der Waals surface area contributed by atoms with E-state index in [0.29, 0.717) is 6.42 Å². The lowest BCUT2D eigenvalue weighted by atomic mass is 9.97. The van der Waals surface area contributed by atoms with Gasteiger partial charge in [-0.2, -0.15) is 0 Å². The number of nitrogens with one attached hydrogen (secondary N) is 2. The maximum atomic E-state index is 11.9. The van der Waals surface area contributed by atoms with E-state index >= 15 is 0 Å². The Morgan fingerprint density at radius 2 is 1.74 bits per heavy atom. The smallest absolute Gasteiger partial charge is 0.319 e. The van der Waals surface area contributed by atoms with E-state index in [1.165, 1.54) is 5.56 Å². The first-order valence-corrected chi connectivity index (χ1v) is 7.82. The molecular formula is C19H24N2O2. The molecule has 2 amide bonds. The third-order valence-electron chi connectivity index (χ3n) is 3.73. The lowest BCUT2D eigenvalue weighted by Gasteiger charge is -2.23. The van der Waals surface area contributed by atoms with E-state index in [1.807, 2.05) is 61.5 Å². The molecule has 2 rings (SSSR count). The Morgan fingerprint density at radius 1 is 1.09 bits per heavy atom. The molecule has 122 valence electrons. The van der Waals surface area contributed by atoms with Crippen LogP contribution in [0.25, 0.3) is 0 Å². The van der Waals surface area contributed by atoms with Crippen LogP contribution in [0.2, 0.25) is 0 Å². The number of carbonyl (C=O) groups is 1. The van der Waals surface area contributed by atoms with Gasteiger partial charge in [0.1, 0.15) is 0 Å². The summed E-state index contributed by atoms with van der Waals surface area (Å²) in [5, 5.41) is 15.9. The second kappa shape index (κ2) is 7.79. The molecular weight excluding hydrogens is 288 g/mol. The minimum absolute atomic E-state index is 0.206. The van der Waals surface area contributed by atoms with Crippen molar-refractivity contribution in [3.8, 4) is 0 Å². The minimum atomic E-state index is -0.944. The Kier molecular flexibility index (Phi) is 5.77. The van der Waals surface area contributed by atoms with Gasteiger partial charge in [0.2, 0.25) is 0 Å². The molecule has 2 aromatic carbocycles. The van der Waals surface area contributed by atoms with E-state index in [1.54, 1.807) is 6.92 Å². The molecule has 4 nitrogen and oxygen atoms in total. The lowest BCUT2D eigenvalue weighted by molar-refractivity contribution is 0.0539. The van der Waals surface area contributed by atoms with E-state index in [-0.39, 0.29) is 12.6 Å². The average Bonchev–Trinajstić information content (AvgIpc) is 2.55. The van der Waals surface area contributed by atoms with Gasteiger partial charge < -0.3 is 15.7 Å². The van der Waals surface area contributed by atoms with Crippen LogP contribution in [-0.2, 0) is 6.42 Å². The quantitative estimate of drug-likeness (QED) is 0.764. The fourth-order valence-corrected chi connectivity index (χ4v) is 2.23. The topological polar surface area (TPSA) is 61.4 Å². The van der Waals surface area contributed by atoms with Crippen LogP contribution in [0, 0.1) is 6.92 Å². The first-order chi connectivity index (χ1) is 10.9. The van der Waals surface area contributed by atoms with E-state index in [2.05, 4.69) is 10.6 Å². The van der Waals surface area contributed by atoms with Crippen molar-refractivity contribution in [1.29, 1.82) is 0 Å². The van der Waals surface area contributed by atoms with E-state index in [0.717, 1.165) is 17.7 Å². The van der Waals surface area contributed by atoms with Crippen LogP contribution < -0.4 is 10.6 Å². The van der Waals surface area contributed by atoms with Gasteiger partial charge in [0.25, 0.3) is 0 Å². The van der Waals surface area contributed by atoms with Crippen LogP contribution >= 0.6 is 0 Å². The van der Waals surface area contributed by atoms with Gasteiger partial charge in [-0.05, 0) is 44.4 Å². The van der Waals surface area contributed by atoms with Crippen molar-refractivity contribution in [2.75, 3.05) is 11.9 Å². The molecule has 0 aromatic heterocycles. The van der Waals surface area contributed by atoms with Crippen molar-refractivity contribution in [3.05, 3.63) is 65.7 Å². The number of benzene rings is 2. The molecule has 2 aromatic rings. The summed E-state index contributed by atoms with van der Waals surface area (Å²) in [7, 11) is 0. The summed E-state index contributed by atoms with van der Waals surface area (Å²) in [5.74, 6) is 0. The van der Waals surface area contributed by atoms with Gasteiger partial charge in [-0.15, -0.1) is 0 Å². The van der Waals surface area contributed by atoms with Gasteiger partial charge in [0.05, 0.1) is 5.60 Å². The maximum absolute atomic E-state index is 11.9. The van der Waals surface area contributed by atoms with Crippen LogP contribution in [0.15, 0.2) is 54.6 Å². The lowest BCUT2D eigenvalue weighted by Crippen LogP contribution is -2.42. The molecule has 0 aliphatic rings. The number of amides is 2. The molecule has 0 saturated heterocycles. The Hall–Kier alpha value is -2.33. The van der Waals surface area contributed by atoms with E-state index < -0.39 is 5.60 Å². The average molecular weight is 312 g/mol. The molecule has 0 spiro atoms. The highest BCUT2D eigenvalue weighted by atomic mass is 16.3. The van der Waals surface area contributed by atoms with Crippen molar-refractivity contribution in [2.45, 2.75) is 32.3 Å². The molecule has 23 heavy (non-hydrogen) atoms. The van der Waals surface area contributed by atoms with Gasteiger partial charge in [-0.3, -0.25) is 0 Å². The normalized spacial score (nSPS) is 13.2. The van der Waals surface area contributed by atoms with Crippen LogP contribution in [0.3, 0.4) is 0 Å². The van der Waals surface area contributed by atoms with Crippen molar-refractivity contribution >= 4 is 11.7 Å². The molecule has 1 atom stereocenters. The van der Waals surface area contributed by atoms with Gasteiger partial charge in [-0.1, -0.05) is 48.0 Å². The van der Waals surface area contributed by atoms with Crippen LogP contribution in [0.1, 0.15) is 24.5 Å². The first-order valence-electron chi connectivity index (χ1n) is 7.82. The van der Waals surface area contributed by atoms with Crippen LogP contribution in [-0.4, -0.2) is 23.3 Å². The molecule has 0 radical (unpaired) electrons. The number of aliphatic hydroxyl groups is 1. The summed E-state index contributed by atoms with van der Waals surface area (Å²) >= 11 is 0. The van der Waals surface area contributed by atoms with Crippen molar-refractivity contribution in [1.82, 2.24) is 5.32 Å². The second-order valence-electron chi connectivity index (χ2n) is 6.16. The summed E-state index contributed by atoms with van der Waals surface area (Å²) in [4.78, 5) is 11.9. The van der Waals surface area contributed by atoms with E-state index in [4.69, 9.17) is 0 Å². The molecule has 0 aliphatic carbocycles. The predicted octanol–water partition coefficient (Wildman–Crippen LogP) is 3.50. The molecule has 0 bridgehead atoms. The summed E-state index contributed by atoms with van der Waals surface area (Å²) in [6.45, 7) is 3.94. The number of carbonyl (C=O) groups excluding carboxylic acids is 1. The minimum Gasteiger partial charge on any atom is -0.388 e. The summed E-state index contributed by atoms with van der Waals surface area (Å²) in [6, 6.07) is 17.3. The Labute approximate surface area is 137 Å². The number of aryl methyl sites for hydroxylation is 2. The second-order valence-corrected chi connectivity index (χ2v) is 6.16. The number of anilines is 1. The largest absolute Gasteiger partial charge is 0.388 e. The number of hydrogen-bond acceptors (Lipinski definition) is 2. The third kappa shape index (κ3) is 6.12. The standard InChI is InChI=1S/C19H24N2O2/c1-15-8-10-17(11-9-15)21-18(22)20-14-19(2,23)13-12-16-6-4-3-5-7-16/h3-11,23H,12-14H2,1-2H3,(H2,20,21,22). The van der Waals surface area contributed by atoms with Crippen molar-refractivity contribution < 1.29 is 9.90 Å². The zero-order valence-electron chi connectivity index (χ0n) is 13.7. The van der Waals surface area contributed by atoms with Gasteiger partial charge in [-0.25, -0.2) is 4.79 Å². The van der Waals surface area contributed by atoms with Crippen molar-refractivity contribution in [3.63, 3.8) is 0 Å². The predicted molar refractivity (Wildman–Crippen MR) is 93.6 cm³/mol. The maximum Gasteiger partial charge on any atom is 0.319 e. The number of urea groups is 1. The monoisotopic (exact) mass is 312 g/mol. The Bertz CT molecular complexity index is 622. The molecule has 0 heterocycles. The highest BCUT2D eigenvalue weighted by molar-refractivity contribution is 5.89. The highest BCUT2D eigenvalue weighted by Crippen LogP contribution is 2.13. The fraction of sp³-hybridized carbons (Fsp3) is 0.316. The summed E-state index contributed by atoms with van der Waals surface area (Å²) in [6.07, 6.45) is 1.36. The fourth-order valence-electron chi connectivity index (χ4n) is 2.23. The molecule has 3 N–H and O–H groups in total. The molecule has 0 saturated carbocycles. The first kappa shape index (κ1) is 17.0. The highest BCUT2D eigenvalue weighted by Gasteiger charge is 2.21. The Balaban J connectivity index is 1.76. The van der Waals surface area contributed by atoms with Gasteiger partial charge in [0.15, 0.2) is 0 Å². The van der Waals surface area contributed by atoms with E-state index in [9.17, 15) is 9.90 Å². The Morgan fingerprint density at radius 3 is 2.39 bits per heavy atom.